The highest BCUT2D eigenvalue weighted by atomic mass is 35.5. The van der Waals surface area contributed by atoms with Crippen molar-refractivity contribution in [1.82, 2.24) is 0 Å². The maximum Gasteiger partial charge on any atom is 0.270 e. The Morgan fingerprint density at radius 1 is 0.706 bits per heavy atom. The second kappa shape index (κ2) is 9.97. The molecule has 0 fully saturated rings. The Morgan fingerprint density at radius 2 is 1.24 bits per heavy atom. The average Bonchev–Trinajstić information content (AvgIpc) is 2.85. The predicted molar refractivity (Wildman–Crippen MR) is 132 cm³/mol. The van der Waals surface area contributed by atoms with Gasteiger partial charge in [-0.3, -0.25) is 19.7 Å². The number of rotatable bonds is 6. The van der Waals surface area contributed by atoms with Crippen LogP contribution >= 0.6 is 11.6 Å². The summed E-state index contributed by atoms with van der Waals surface area (Å²) in [5, 5.41) is 16.6. The molecule has 0 bridgehead atoms. The van der Waals surface area contributed by atoms with Gasteiger partial charge in [0.2, 0.25) is 0 Å². The smallest absolute Gasteiger partial charge is 0.270 e. The van der Waals surface area contributed by atoms with Crippen LogP contribution in [0.3, 0.4) is 0 Å². The maximum atomic E-state index is 12.5. The molecule has 0 aliphatic carbocycles. The fourth-order valence-electron chi connectivity index (χ4n) is 3.28. The quantitative estimate of drug-likeness (QED) is 0.250. The largest absolute Gasteiger partial charge is 0.322 e. The van der Waals surface area contributed by atoms with E-state index < -0.39 is 10.8 Å². The number of amides is 2. The summed E-state index contributed by atoms with van der Waals surface area (Å²) in [4.78, 5) is 35.2. The first-order valence-corrected chi connectivity index (χ1v) is 10.6. The molecule has 2 amide bonds. The van der Waals surface area contributed by atoms with Gasteiger partial charge >= 0.3 is 0 Å². The molecule has 168 valence electrons. The van der Waals surface area contributed by atoms with Crippen LogP contribution < -0.4 is 10.6 Å². The molecule has 0 unspecified atom stereocenters. The highest BCUT2D eigenvalue weighted by Crippen LogP contribution is 2.26. The molecule has 0 aliphatic heterocycles. The van der Waals surface area contributed by atoms with Crippen molar-refractivity contribution >= 4 is 40.5 Å². The minimum atomic E-state index is -0.583. The number of non-ortho nitro benzene ring substituents is 1. The van der Waals surface area contributed by atoms with Crippen LogP contribution in [-0.4, -0.2) is 16.7 Å². The van der Waals surface area contributed by atoms with E-state index >= 15 is 0 Å². The molecule has 2 N–H and O–H groups in total. The second-order valence-electron chi connectivity index (χ2n) is 7.35. The first kappa shape index (κ1) is 22.7. The Labute approximate surface area is 200 Å². The van der Waals surface area contributed by atoms with Crippen LogP contribution in [0, 0.1) is 10.1 Å². The first-order chi connectivity index (χ1) is 16.4. The Kier molecular flexibility index (Phi) is 6.66. The van der Waals surface area contributed by atoms with Crippen molar-refractivity contribution in [2.75, 3.05) is 10.6 Å². The minimum Gasteiger partial charge on any atom is -0.322 e. The molecule has 0 spiro atoms. The topological polar surface area (TPSA) is 101 Å². The van der Waals surface area contributed by atoms with Crippen molar-refractivity contribution in [2.45, 2.75) is 0 Å². The molecule has 0 heterocycles. The van der Waals surface area contributed by atoms with Gasteiger partial charge in [0.1, 0.15) is 0 Å². The molecule has 0 saturated carbocycles. The monoisotopic (exact) mass is 471 g/mol. The third-order valence-electron chi connectivity index (χ3n) is 5.06. The molecule has 0 saturated heterocycles. The second-order valence-corrected chi connectivity index (χ2v) is 7.76. The number of benzene rings is 4. The molecule has 0 aromatic heterocycles. The lowest BCUT2D eigenvalue weighted by atomic mass is 10.0. The van der Waals surface area contributed by atoms with Gasteiger partial charge < -0.3 is 10.6 Å². The molecule has 8 heteroatoms. The number of nitro benzene ring substituents is 1. The van der Waals surface area contributed by atoms with Crippen LogP contribution in [0.1, 0.15) is 20.7 Å². The van der Waals surface area contributed by atoms with Crippen molar-refractivity contribution < 1.29 is 14.5 Å². The zero-order chi connectivity index (χ0) is 24.1. The van der Waals surface area contributed by atoms with Gasteiger partial charge in [-0.15, -0.1) is 0 Å². The molecule has 4 aromatic rings. The normalized spacial score (nSPS) is 10.4. The minimum absolute atomic E-state index is 0.0214. The van der Waals surface area contributed by atoms with Gasteiger partial charge in [-0.25, -0.2) is 0 Å². The van der Waals surface area contributed by atoms with E-state index in [9.17, 15) is 19.7 Å². The molecule has 0 atom stereocenters. The molecule has 4 aromatic carbocycles. The zero-order valence-electron chi connectivity index (χ0n) is 17.7. The third-order valence-corrected chi connectivity index (χ3v) is 5.39. The van der Waals surface area contributed by atoms with Crippen LogP contribution in [-0.2, 0) is 0 Å². The fraction of sp³-hybridized carbons (Fsp3) is 0. The zero-order valence-corrected chi connectivity index (χ0v) is 18.5. The maximum absolute atomic E-state index is 12.5. The van der Waals surface area contributed by atoms with Gasteiger partial charge in [-0.2, -0.15) is 0 Å². The third kappa shape index (κ3) is 5.28. The molecule has 7 nitrogen and oxygen atoms in total. The number of anilines is 2. The highest BCUT2D eigenvalue weighted by Gasteiger charge is 2.16. The summed E-state index contributed by atoms with van der Waals surface area (Å²) in [6.07, 6.45) is 0. The van der Waals surface area contributed by atoms with Crippen LogP contribution in [0.4, 0.5) is 17.1 Å². The van der Waals surface area contributed by atoms with E-state index in [0.717, 1.165) is 17.2 Å². The summed E-state index contributed by atoms with van der Waals surface area (Å²) in [6, 6.07) is 27.2. The van der Waals surface area contributed by atoms with Gasteiger partial charge in [0, 0.05) is 29.1 Å². The van der Waals surface area contributed by atoms with Crippen molar-refractivity contribution in [3.8, 4) is 11.1 Å². The lowest BCUT2D eigenvalue weighted by molar-refractivity contribution is -0.384. The number of halogens is 1. The average molecular weight is 472 g/mol. The molecule has 4 rings (SSSR count). The Bertz CT molecular complexity index is 1360. The number of nitrogens with zero attached hydrogens (tertiary/aromatic N) is 1. The first-order valence-electron chi connectivity index (χ1n) is 10.2. The number of nitrogens with one attached hydrogen (secondary N) is 2. The van der Waals surface area contributed by atoms with E-state index in [0.29, 0.717) is 16.9 Å². The molecule has 0 aliphatic rings. The van der Waals surface area contributed by atoms with Crippen molar-refractivity contribution in [1.29, 1.82) is 0 Å². The molecule has 34 heavy (non-hydrogen) atoms. The summed E-state index contributed by atoms with van der Waals surface area (Å²) in [7, 11) is 0. The van der Waals surface area contributed by atoms with Gasteiger partial charge in [0.25, 0.3) is 17.5 Å². The number of carbonyl (C=O) groups excluding carboxylic acids is 2. The van der Waals surface area contributed by atoms with Crippen LogP contribution in [0.2, 0.25) is 5.02 Å². The van der Waals surface area contributed by atoms with Gasteiger partial charge in [0.05, 0.1) is 15.5 Å². The highest BCUT2D eigenvalue weighted by molar-refractivity contribution is 6.34. The van der Waals surface area contributed by atoms with Crippen molar-refractivity contribution in [3.05, 3.63) is 123 Å². The van der Waals surface area contributed by atoms with E-state index in [1.807, 2.05) is 54.6 Å². The summed E-state index contributed by atoms with van der Waals surface area (Å²) in [5.41, 5.74) is 3.42. The number of hydrogen-bond acceptors (Lipinski definition) is 4. The predicted octanol–water partition coefficient (Wildman–Crippen LogP) is 6.42. The van der Waals surface area contributed by atoms with E-state index in [2.05, 4.69) is 10.6 Å². The van der Waals surface area contributed by atoms with E-state index in [1.165, 1.54) is 12.1 Å². The van der Waals surface area contributed by atoms with Crippen molar-refractivity contribution in [3.63, 3.8) is 0 Å². The van der Waals surface area contributed by atoms with E-state index in [1.54, 1.807) is 24.3 Å². The van der Waals surface area contributed by atoms with E-state index in [4.69, 9.17) is 11.6 Å². The lowest BCUT2D eigenvalue weighted by Gasteiger charge is -2.09. The Hall–Kier alpha value is -4.49. The lowest BCUT2D eigenvalue weighted by Crippen LogP contribution is -2.12. The number of carbonyl (C=O) groups is 2. The molecule has 0 radical (unpaired) electrons. The molecular formula is C26H18ClN3O4. The standard InChI is InChI=1S/C26H18ClN3O4/c27-24-15-14-22(30(33)34)16-23(24)26(32)29-21-12-8-18(9-13-21)17-6-10-20(11-7-17)28-25(31)19-4-2-1-3-5-19/h1-16H,(H,28,31)(H,29,32). The van der Waals surface area contributed by atoms with E-state index in [-0.39, 0.29) is 22.2 Å². The molecular weight excluding hydrogens is 454 g/mol. The van der Waals surface area contributed by atoms with Gasteiger partial charge in [-0.05, 0) is 53.6 Å². The fourth-order valence-corrected chi connectivity index (χ4v) is 3.49. The number of hydrogen-bond donors (Lipinski definition) is 2. The van der Waals surface area contributed by atoms with Gasteiger partial charge in [-0.1, -0.05) is 54.1 Å². The van der Waals surface area contributed by atoms with Crippen LogP contribution in [0.15, 0.2) is 97.1 Å². The Balaban J connectivity index is 1.42. The van der Waals surface area contributed by atoms with Crippen molar-refractivity contribution in [2.24, 2.45) is 0 Å². The summed E-state index contributed by atoms with van der Waals surface area (Å²) in [5.74, 6) is -0.725. The Morgan fingerprint density at radius 3 is 1.76 bits per heavy atom. The van der Waals surface area contributed by atoms with Crippen LogP contribution in [0.5, 0.6) is 0 Å². The van der Waals surface area contributed by atoms with Gasteiger partial charge in [0.15, 0.2) is 0 Å². The van der Waals surface area contributed by atoms with Crippen LogP contribution in [0.25, 0.3) is 11.1 Å². The SMILES string of the molecule is O=C(Nc1ccc(-c2ccc(NC(=O)c3cc([N+](=O)[O-])ccc3Cl)cc2)cc1)c1ccccc1. The summed E-state index contributed by atoms with van der Waals surface area (Å²) in [6.45, 7) is 0. The number of nitro groups is 1. The summed E-state index contributed by atoms with van der Waals surface area (Å²) < 4.78 is 0. The summed E-state index contributed by atoms with van der Waals surface area (Å²) >= 11 is 6.04.